The second kappa shape index (κ2) is 9.30. The van der Waals surface area contributed by atoms with Crippen LogP contribution in [0.5, 0.6) is 11.5 Å². The Bertz CT molecular complexity index is 1080. The van der Waals surface area contributed by atoms with Gasteiger partial charge in [-0.3, -0.25) is 9.69 Å². The minimum atomic E-state index is -0.0868. The third-order valence-corrected chi connectivity index (χ3v) is 6.77. The highest BCUT2D eigenvalue weighted by Crippen LogP contribution is 2.42. The molecule has 4 rings (SSSR count). The van der Waals surface area contributed by atoms with E-state index in [-0.39, 0.29) is 18.5 Å². The van der Waals surface area contributed by atoms with Crippen LogP contribution < -0.4 is 14.8 Å². The molecule has 5 nitrogen and oxygen atoms in total. The average molecular weight is 457 g/mol. The molecule has 1 atom stereocenters. The maximum Gasteiger partial charge on any atom is 0.238 e. The minimum absolute atomic E-state index is 0.0252. The minimum Gasteiger partial charge on any atom is -0.493 e. The number of fused-ring (bicyclic) bond motifs is 1. The molecule has 1 amide bonds. The molecule has 1 aliphatic rings. The van der Waals surface area contributed by atoms with Crippen LogP contribution in [0.25, 0.3) is 0 Å². The van der Waals surface area contributed by atoms with Crippen LogP contribution in [0.2, 0.25) is 5.02 Å². The lowest BCUT2D eigenvalue weighted by atomic mass is 9.91. The third kappa shape index (κ3) is 4.56. The molecule has 0 spiro atoms. The third-order valence-electron chi connectivity index (χ3n) is 5.53. The second-order valence-corrected chi connectivity index (χ2v) is 8.96. The fraction of sp³-hybridized carbons (Fsp3) is 0.292. The van der Waals surface area contributed by atoms with E-state index < -0.39 is 0 Å². The number of hydrogen-bond acceptors (Lipinski definition) is 5. The number of amides is 1. The van der Waals surface area contributed by atoms with Gasteiger partial charge in [0.2, 0.25) is 5.91 Å². The van der Waals surface area contributed by atoms with Gasteiger partial charge in [-0.25, -0.2) is 0 Å². The van der Waals surface area contributed by atoms with Crippen molar-refractivity contribution >= 4 is 34.5 Å². The van der Waals surface area contributed by atoms with E-state index in [0.717, 1.165) is 29.8 Å². The number of ether oxygens (including phenoxy) is 2. The molecule has 0 aliphatic carbocycles. The van der Waals surface area contributed by atoms with E-state index in [0.29, 0.717) is 16.5 Å². The number of aryl methyl sites for hydroxylation is 1. The topological polar surface area (TPSA) is 50.8 Å². The number of anilines is 1. The highest BCUT2D eigenvalue weighted by atomic mass is 35.5. The van der Waals surface area contributed by atoms with Crippen LogP contribution in [0.4, 0.5) is 5.69 Å². The van der Waals surface area contributed by atoms with Crippen LogP contribution in [0.15, 0.2) is 47.8 Å². The second-order valence-electron chi connectivity index (χ2n) is 7.58. The summed E-state index contributed by atoms with van der Waals surface area (Å²) in [7, 11) is 3.29. The molecule has 0 saturated carbocycles. The van der Waals surface area contributed by atoms with Gasteiger partial charge in [-0.1, -0.05) is 23.7 Å². The number of nitrogens with one attached hydrogen (secondary N) is 1. The van der Waals surface area contributed by atoms with Gasteiger partial charge in [0.05, 0.1) is 37.5 Å². The molecular weight excluding hydrogens is 432 g/mol. The lowest BCUT2D eigenvalue weighted by molar-refractivity contribution is -0.117. The van der Waals surface area contributed by atoms with Crippen molar-refractivity contribution in [2.75, 3.05) is 32.6 Å². The summed E-state index contributed by atoms with van der Waals surface area (Å²) in [6, 6.07) is 13.9. The number of carbonyl (C=O) groups excluding carboxylic acids is 1. The molecular formula is C24H25ClN2O3S. The smallest absolute Gasteiger partial charge is 0.238 e. The Labute approximate surface area is 191 Å². The molecule has 0 saturated heterocycles. The van der Waals surface area contributed by atoms with Crippen molar-refractivity contribution < 1.29 is 14.3 Å². The van der Waals surface area contributed by atoms with Gasteiger partial charge in [0, 0.05) is 11.4 Å². The van der Waals surface area contributed by atoms with E-state index in [2.05, 4.69) is 27.7 Å². The summed E-state index contributed by atoms with van der Waals surface area (Å²) in [5.74, 6) is 1.34. The molecule has 0 unspecified atom stereocenters. The van der Waals surface area contributed by atoms with Gasteiger partial charge in [0.25, 0.3) is 0 Å². The molecule has 2 aromatic carbocycles. The van der Waals surface area contributed by atoms with Crippen molar-refractivity contribution in [3.05, 3.63) is 74.4 Å². The Kier molecular flexibility index (Phi) is 6.51. The molecule has 162 valence electrons. The highest BCUT2D eigenvalue weighted by Gasteiger charge is 2.32. The van der Waals surface area contributed by atoms with Crippen molar-refractivity contribution in [1.82, 2.24) is 4.90 Å². The summed E-state index contributed by atoms with van der Waals surface area (Å²) in [6.45, 7) is 3.00. The zero-order valence-electron chi connectivity index (χ0n) is 17.8. The maximum absolute atomic E-state index is 12.9. The van der Waals surface area contributed by atoms with E-state index in [4.69, 9.17) is 21.1 Å². The molecule has 3 aromatic rings. The van der Waals surface area contributed by atoms with Gasteiger partial charge < -0.3 is 14.8 Å². The highest BCUT2D eigenvalue weighted by molar-refractivity contribution is 7.10. The number of carbonyl (C=O) groups is 1. The molecule has 0 bridgehead atoms. The largest absolute Gasteiger partial charge is 0.493 e. The summed E-state index contributed by atoms with van der Waals surface area (Å²) in [6.07, 6.45) is 0.829. The maximum atomic E-state index is 12.9. The molecule has 31 heavy (non-hydrogen) atoms. The fourth-order valence-electron chi connectivity index (χ4n) is 4.04. The van der Waals surface area contributed by atoms with Crippen LogP contribution >= 0.6 is 22.9 Å². The molecule has 0 radical (unpaired) electrons. The van der Waals surface area contributed by atoms with Crippen molar-refractivity contribution in [2.45, 2.75) is 19.4 Å². The Morgan fingerprint density at radius 1 is 1.19 bits per heavy atom. The predicted molar refractivity (Wildman–Crippen MR) is 126 cm³/mol. The van der Waals surface area contributed by atoms with Crippen LogP contribution in [0, 0.1) is 6.92 Å². The van der Waals surface area contributed by atoms with Crippen molar-refractivity contribution in [3.8, 4) is 11.5 Å². The van der Waals surface area contributed by atoms with Gasteiger partial charge >= 0.3 is 0 Å². The zero-order valence-corrected chi connectivity index (χ0v) is 19.3. The molecule has 1 aliphatic heterocycles. The van der Waals surface area contributed by atoms with E-state index in [9.17, 15) is 4.79 Å². The number of hydrogen-bond donors (Lipinski definition) is 1. The summed E-state index contributed by atoms with van der Waals surface area (Å²) in [5.41, 5.74) is 4.05. The number of benzene rings is 2. The Morgan fingerprint density at radius 3 is 2.65 bits per heavy atom. The summed E-state index contributed by atoms with van der Waals surface area (Å²) < 4.78 is 11.0. The standard InChI is InChI=1S/C24H25ClN2O3S/c1-15-6-7-19(18(25)11-15)26-23(28)14-27-9-8-16-12-20(29-2)21(30-3)13-17(16)24(27)22-5-4-10-31-22/h4-7,10-13,24H,8-9,14H2,1-3H3,(H,26,28)/t24-/m1/s1. The first-order valence-electron chi connectivity index (χ1n) is 10.1. The Hall–Kier alpha value is -2.54. The van der Waals surface area contributed by atoms with Gasteiger partial charge in [-0.2, -0.15) is 0 Å². The van der Waals surface area contributed by atoms with Crippen molar-refractivity contribution in [1.29, 1.82) is 0 Å². The molecule has 1 aromatic heterocycles. The van der Waals surface area contributed by atoms with Gasteiger partial charge in [0.15, 0.2) is 11.5 Å². The SMILES string of the molecule is COc1cc2c(cc1OC)[C@H](c1cccs1)N(CC(=O)Nc1ccc(C)cc1Cl)CC2. The first kappa shape index (κ1) is 21.7. The molecule has 1 N–H and O–H groups in total. The number of thiophene rings is 1. The van der Waals surface area contributed by atoms with Gasteiger partial charge in [-0.05, 0) is 65.7 Å². The Balaban J connectivity index is 1.62. The average Bonchev–Trinajstić information content (AvgIpc) is 3.29. The Morgan fingerprint density at radius 2 is 1.97 bits per heavy atom. The fourth-order valence-corrected chi connectivity index (χ4v) is 5.20. The van der Waals surface area contributed by atoms with Crippen LogP contribution in [-0.2, 0) is 11.2 Å². The van der Waals surface area contributed by atoms with Gasteiger partial charge in [0.1, 0.15) is 0 Å². The number of methoxy groups -OCH3 is 2. The van der Waals surface area contributed by atoms with E-state index >= 15 is 0 Å². The van der Waals surface area contributed by atoms with Crippen molar-refractivity contribution in [2.24, 2.45) is 0 Å². The summed E-state index contributed by atoms with van der Waals surface area (Å²) in [5, 5.41) is 5.57. The van der Waals surface area contributed by atoms with Crippen LogP contribution in [0.1, 0.15) is 27.6 Å². The number of rotatable bonds is 6. The monoisotopic (exact) mass is 456 g/mol. The summed E-state index contributed by atoms with van der Waals surface area (Å²) >= 11 is 7.99. The van der Waals surface area contributed by atoms with E-state index in [1.807, 2.05) is 37.3 Å². The zero-order chi connectivity index (χ0) is 22.0. The molecule has 2 heterocycles. The van der Waals surface area contributed by atoms with Crippen LogP contribution in [0.3, 0.4) is 0 Å². The normalized spacial score (nSPS) is 15.9. The quantitative estimate of drug-likeness (QED) is 0.545. The summed E-state index contributed by atoms with van der Waals surface area (Å²) in [4.78, 5) is 16.3. The van der Waals surface area contributed by atoms with Crippen LogP contribution in [-0.4, -0.2) is 38.1 Å². The molecule has 0 fully saturated rings. The molecule has 7 heteroatoms. The van der Waals surface area contributed by atoms with E-state index in [1.165, 1.54) is 10.4 Å². The first-order valence-corrected chi connectivity index (χ1v) is 11.3. The lowest BCUT2D eigenvalue weighted by Gasteiger charge is -2.37. The lowest BCUT2D eigenvalue weighted by Crippen LogP contribution is -2.41. The number of nitrogens with zero attached hydrogens (tertiary/aromatic N) is 1. The predicted octanol–water partition coefficient (Wildman–Crippen LogP) is 5.31. The van der Waals surface area contributed by atoms with Gasteiger partial charge in [-0.15, -0.1) is 11.3 Å². The first-order chi connectivity index (χ1) is 15.0. The number of halogens is 1. The van der Waals surface area contributed by atoms with E-state index in [1.54, 1.807) is 25.6 Å². The van der Waals surface area contributed by atoms with Crippen molar-refractivity contribution in [3.63, 3.8) is 0 Å².